The Labute approximate surface area is 194 Å². The van der Waals surface area contributed by atoms with Gasteiger partial charge in [0.15, 0.2) is 0 Å². The minimum atomic E-state index is -0.140. The van der Waals surface area contributed by atoms with Crippen molar-refractivity contribution in [2.45, 2.75) is 38.6 Å². The van der Waals surface area contributed by atoms with Crippen molar-refractivity contribution in [3.63, 3.8) is 0 Å². The zero-order valence-electron chi connectivity index (χ0n) is 19.6. The third kappa shape index (κ3) is 5.24. The number of pyridine rings is 1. The summed E-state index contributed by atoms with van der Waals surface area (Å²) in [7, 11) is 3.73. The lowest BCUT2D eigenvalue weighted by Crippen LogP contribution is -2.45. The highest BCUT2D eigenvalue weighted by atomic mass is 16.1. The molecule has 33 heavy (non-hydrogen) atoms. The molecule has 3 aromatic rings. The van der Waals surface area contributed by atoms with Gasteiger partial charge in [-0.2, -0.15) is 0 Å². The molecule has 1 fully saturated rings. The molecule has 0 spiro atoms. The summed E-state index contributed by atoms with van der Waals surface area (Å²) >= 11 is 0. The highest BCUT2D eigenvalue weighted by Gasteiger charge is 2.24. The molecule has 9 heteroatoms. The molecule has 0 atom stereocenters. The van der Waals surface area contributed by atoms with E-state index in [4.69, 9.17) is 4.98 Å². The van der Waals surface area contributed by atoms with E-state index in [-0.39, 0.29) is 17.9 Å². The van der Waals surface area contributed by atoms with Crippen LogP contribution in [0.1, 0.15) is 48.7 Å². The second-order valence-electron chi connectivity index (χ2n) is 8.76. The summed E-state index contributed by atoms with van der Waals surface area (Å²) in [6.07, 6.45) is 10.3. The van der Waals surface area contributed by atoms with Gasteiger partial charge in [-0.05, 0) is 36.5 Å². The highest BCUT2D eigenvalue weighted by molar-refractivity contribution is 5.93. The fourth-order valence-corrected chi connectivity index (χ4v) is 3.89. The minimum Gasteiger partial charge on any atom is -0.349 e. The first kappa shape index (κ1) is 22.6. The van der Waals surface area contributed by atoms with Gasteiger partial charge < -0.3 is 15.1 Å². The van der Waals surface area contributed by atoms with Crippen LogP contribution in [0.3, 0.4) is 0 Å². The van der Waals surface area contributed by atoms with Gasteiger partial charge in [-0.3, -0.25) is 9.78 Å². The van der Waals surface area contributed by atoms with Crippen molar-refractivity contribution in [1.82, 2.24) is 30.2 Å². The number of amides is 1. The van der Waals surface area contributed by atoms with Gasteiger partial charge in [0, 0.05) is 69.8 Å². The Kier molecular flexibility index (Phi) is 6.76. The number of carbonyl (C=O) groups excluding carboxylic acids is 1. The minimum absolute atomic E-state index is 0.0999. The summed E-state index contributed by atoms with van der Waals surface area (Å²) in [5.41, 5.74) is 3.62. The normalized spacial score (nSPS) is 14.4. The third-order valence-corrected chi connectivity index (χ3v) is 5.76. The van der Waals surface area contributed by atoms with E-state index in [0.29, 0.717) is 11.5 Å². The van der Waals surface area contributed by atoms with Crippen LogP contribution in [0.15, 0.2) is 43.1 Å². The fourth-order valence-electron chi connectivity index (χ4n) is 3.89. The molecule has 1 amide bonds. The Morgan fingerprint density at radius 1 is 1.06 bits per heavy atom. The summed E-state index contributed by atoms with van der Waals surface area (Å²) in [5, 5.41) is 3.11. The Balaban J connectivity index is 1.39. The Hall–Kier alpha value is -3.62. The molecule has 1 aliphatic heterocycles. The number of nitrogens with zero attached hydrogens (tertiary/aromatic N) is 7. The zero-order valence-corrected chi connectivity index (χ0v) is 19.6. The SMILES string of the molecule is CC(C)c1nc(N2CCC(NC(=O)c3cnc(N(C)C)nc3)CC2)ncc1-c1ccncc1. The molecule has 0 aromatic carbocycles. The van der Waals surface area contributed by atoms with E-state index in [2.05, 4.69) is 44.0 Å². The van der Waals surface area contributed by atoms with Gasteiger partial charge in [0.25, 0.3) is 5.91 Å². The number of carbonyl (C=O) groups is 1. The van der Waals surface area contributed by atoms with Crippen molar-refractivity contribution < 1.29 is 4.79 Å². The van der Waals surface area contributed by atoms with Crippen molar-refractivity contribution in [3.8, 4) is 11.1 Å². The van der Waals surface area contributed by atoms with Crippen molar-refractivity contribution in [3.05, 3.63) is 54.4 Å². The summed E-state index contributed by atoms with van der Waals surface area (Å²) in [4.78, 5) is 38.7. The molecule has 4 rings (SSSR count). The van der Waals surface area contributed by atoms with Crippen LogP contribution in [0.5, 0.6) is 0 Å². The molecule has 0 bridgehead atoms. The highest BCUT2D eigenvalue weighted by Crippen LogP contribution is 2.29. The maximum Gasteiger partial charge on any atom is 0.254 e. The van der Waals surface area contributed by atoms with Crippen molar-refractivity contribution in [2.24, 2.45) is 0 Å². The Morgan fingerprint density at radius 2 is 1.73 bits per heavy atom. The van der Waals surface area contributed by atoms with Crippen LogP contribution < -0.4 is 15.1 Å². The molecule has 1 aliphatic rings. The van der Waals surface area contributed by atoms with Crippen LogP contribution in [-0.4, -0.2) is 64.1 Å². The van der Waals surface area contributed by atoms with Gasteiger partial charge in [-0.25, -0.2) is 19.9 Å². The predicted octanol–water partition coefficient (Wildman–Crippen LogP) is 2.92. The Bertz CT molecular complexity index is 1080. The smallest absolute Gasteiger partial charge is 0.254 e. The number of hydrogen-bond acceptors (Lipinski definition) is 8. The van der Waals surface area contributed by atoms with Crippen LogP contribution in [0.2, 0.25) is 0 Å². The van der Waals surface area contributed by atoms with Crippen LogP contribution in [0, 0.1) is 0 Å². The van der Waals surface area contributed by atoms with Crippen LogP contribution in [-0.2, 0) is 0 Å². The van der Waals surface area contributed by atoms with Gasteiger partial charge >= 0.3 is 0 Å². The quantitative estimate of drug-likeness (QED) is 0.617. The molecule has 4 heterocycles. The molecule has 0 saturated carbocycles. The van der Waals surface area contributed by atoms with E-state index >= 15 is 0 Å². The second kappa shape index (κ2) is 9.89. The maximum absolute atomic E-state index is 12.6. The van der Waals surface area contributed by atoms with Crippen LogP contribution >= 0.6 is 0 Å². The van der Waals surface area contributed by atoms with E-state index in [9.17, 15) is 4.79 Å². The number of aromatic nitrogens is 5. The molecule has 172 valence electrons. The van der Waals surface area contributed by atoms with Gasteiger partial charge in [0.2, 0.25) is 11.9 Å². The third-order valence-electron chi connectivity index (χ3n) is 5.76. The lowest BCUT2D eigenvalue weighted by molar-refractivity contribution is 0.0930. The van der Waals surface area contributed by atoms with E-state index in [1.165, 1.54) is 0 Å². The number of rotatable bonds is 6. The number of anilines is 2. The lowest BCUT2D eigenvalue weighted by atomic mass is 10.00. The van der Waals surface area contributed by atoms with Crippen molar-refractivity contribution in [2.75, 3.05) is 37.0 Å². The Morgan fingerprint density at radius 3 is 2.33 bits per heavy atom. The first-order valence-electron chi connectivity index (χ1n) is 11.2. The molecule has 9 nitrogen and oxygen atoms in total. The van der Waals surface area contributed by atoms with E-state index in [1.807, 2.05) is 32.4 Å². The lowest BCUT2D eigenvalue weighted by Gasteiger charge is -2.32. The van der Waals surface area contributed by atoms with Crippen molar-refractivity contribution >= 4 is 17.8 Å². The van der Waals surface area contributed by atoms with E-state index < -0.39 is 0 Å². The van der Waals surface area contributed by atoms with E-state index in [1.54, 1.807) is 29.7 Å². The molecule has 0 radical (unpaired) electrons. The summed E-state index contributed by atoms with van der Waals surface area (Å²) in [5.74, 6) is 1.45. The molecular formula is C24H30N8O. The summed E-state index contributed by atoms with van der Waals surface area (Å²) < 4.78 is 0. The van der Waals surface area contributed by atoms with Gasteiger partial charge in [-0.15, -0.1) is 0 Å². The molecule has 0 aliphatic carbocycles. The average molecular weight is 447 g/mol. The summed E-state index contributed by atoms with van der Waals surface area (Å²) in [6.45, 7) is 5.86. The van der Waals surface area contributed by atoms with Gasteiger partial charge in [-0.1, -0.05) is 13.8 Å². The first-order chi connectivity index (χ1) is 15.9. The number of piperidine rings is 1. The topological polar surface area (TPSA) is 100 Å². The largest absolute Gasteiger partial charge is 0.349 e. The summed E-state index contributed by atoms with van der Waals surface area (Å²) in [6, 6.07) is 4.07. The first-order valence-corrected chi connectivity index (χ1v) is 11.2. The zero-order chi connectivity index (χ0) is 23.4. The van der Waals surface area contributed by atoms with Crippen LogP contribution in [0.4, 0.5) is 11.9 Å². The van der Waals surface area contributed by atoms with Crippen molar-refractivity contribution in [1.29, 1.82) is 0 Å². The molecular weight excluding hydrogens is 416 g/mol. The van der Waals surface area contributed by atoms with Gasteiger partial charge in [0.05, 0.1) is 11.3 Å². The van der Waals surface area contributed by atoms with Gasteiger partial charge in [0.1, 0.15) is 0 Å². The van der Waals surface area contributed by atoms with E-state index in [0.717, 1.165) is 48.7 Å². The monoisotopic (exact) mass is 446 g/mol. The van der Waals surface area contributed by atoms with Crippen LogP contribution in [0.25, 0.3) is 11.1 Å². The molecule has 1 N–H and O–H groups in total. The molecule has 1 saturated heterocycles. The molecule has 0 unspecified atom stereocenters. The number of hydrogen-bond donors (Lipinski definition) is 1. The predicted molar refractivity (Wildman–Crippen MR) is 128 cm³/mol. The maximum atomic E-state index is 12.6. The second-order valence-corrected chi connectivity index (χ2v) is 8.76. The fraction of sp³-hybridized carbons (Fsp3) is 0.417. The molecule has 3 aromatic heterocycles. The standard InChI is InChI=1S/C24H30N8O/c1-16(2)21-20(17-5-9-25-10-6-17)15-28-24(30-21)32-11-7-19(8-12-32)29-22(33)18-13-26-23(27-14-18)31(3)4/h5-6,9-10,13-16,19H,7-8,11-12H2,1-4H3,(H,29,33). The number of nitrogens with one attached hydrogen (secondary N) is 1. The average Bonchev–Trinajstić information content (AvgIpc) is 2.84.